The molecular formula is C32H43FN2O13. The third-order valence-electron chi connectivity index (χ3n) is 10.9. The first-order valence-corrected chi connectivity index (χ1v) is 16.1. The van der Waals surface area contributed by atoms with Crippen LogP contribution in [0.15, 0.2) is 23.6 Å². The highest BCUT2D eigenvalue weighted by Gasteiger charge is 2.77. The number of hydrogen-bond acceptors (Lipinski definition) is 14. The number of ether oxygens (including phenoxy) is 5. The van der Waals surface area contributed by atoms with E-state index in [9.17, 15) is 34.4 Å². The van der Waals surface area contributed by atoms with Crippen molar-refractivity contribution in [3.63, 3.8) is 0 Å². The molecule has 3 fully saturated rings. The summed E-state index contributed by atoms with van der Waals surface area (Å²) >= 11 is 0. The Bertz CT molecular complexity index is 1420. The van der Waals surface area contributed by atoms with Gasteiger partial charge in [0.2, 0.25) is 5.78 Å². The summed E-state index contributed by atoms with van der Waals surface area (Å²) in [5.41, 5.74) is 2.57. The summed E-state index contributed by atoms with van der Waals surface area (Å²) in [5, 5.41) is 21.0. The molecule has 15 nitrogen and oxygen atoms in total. The number of carbonyl (C=O) groups excluding carboxylic acids is 4. The number of unbranched alkanes of at least 4 members (excludes halogenated alkanes) is 1. The monoisotopic (exact) mass is 682 g/mol. The standard InChI is InChI=1S/C32H43FN2O13/c1-29(2)47-25-13-19-18-12-21(33)20-11-17(36)7-8-30(20,3)26(18)23(37)14-31(19,4)32(25,48-29)24(38)16-45-28(40)44-15-22(34)27(39)43-9-5-6-10-46-35(41)42/h7-8,18-19,22-23,25-26,37H,5-6,9-16,34H2,1-4H3/t18-,19-,22?,23-,25+,26+,30-,31-,32+/m0/s1. The SMILES string of the molecule is CC1(C)O[C@@H]2C[C@H]3[C@@H]4CC(F)=C5CC(=O)C=C[C@]5(C)[C@H]4[C@@H](O)C[C@]3(C)[C@]2(C(=O)COC(=O)OCC(N)C(=O)OCCCCO[N+](=O)[O-])O1. The van der Waals surface area contributed by atoms with Gasteiger partial charge in [-0.05, 0) is 63.0 Å². The fourth-order valence-electron chi connectivity index (χ4n) is 9.03. The zero-order valence-corrected chi connectivity index (χ0v) is 27.4. The van der Waals surface area contributed by atoms with Crippen LogP contribution in [0.1, 0.15) is 66.2 Å². The highest BCUT2D eigenvalue weighted by atomic mass is 19.1. The molecule has 2 saturated carbocycles. The van der Waals surface area contributed by atoms with Crippen LogP contribution in [0.25, 0.3) is 0 Å². The second kappa shape index (κ2) is 13.1. The van der Waals surface area contributed by atoms with Gasteiger partial charge in [-0.3, -0.25) is 14.4 Å². The summed E-state index contributed by atoms with van der Waals surface area (Å²) in [6.07, 6.45) is 1.12. The van der Waals surface area contributed by atoms with Gasteiger partial charge in [0.15, 0.2) is 23.8 Å². The molecule has 0 radical (unpaired) electrons. The van der Waals surface area contributed by atoms with E-state index in [1.165, 1.54) is 6.08 Å². The minimum Gasteiger partial charge on any atom is -0.464 e. The summed E-state index contributed by atoms with van der Waals surface area (Å²) in [6.45, 7) is 5.40. The van der Waals surface area contributed by atoms with Crippen LogP contribution in [-0.2, 0) is 42.9 Å². The molecule has 1 saturated heterocycles. The lowest BCUT2D eigenvalue weighted by molar-refractivity contribution is -0.757. The Labute approximate surface area is 276 Å². The van der Waals surface area contributed by atoms with Crippen LogP contribution in [0.4, 0.5) is 9.18 Å². The molecule has 16 heteroatoms. The number of allylic oxidation sites excluding steroid dienone is 4. The molecule has 1 aliphatic heterocycles. The maximum absolute atomic E-state index is 15.8. The molecule has 5 rings (SSSR count). The van der Waals surface area contributed by atoms with Crippen LogP contribution in [0.5, 0.6) is 0 Å². The number of esters is 1. The molecule has 0 amide bonds. The van der Waals surface area contributed by atoms with Gasteiger partial charge in [0.25, 0.3) is 5.09 Å². The van der Waals surface area contributed by atoms with E-state index in [1.54, 1.807) is 19.9 Å². The highest BCUT2D eigenvalue weighted by molar-refractivity contribution is 5.94. The van der Waals surface area contributed by atoms with Crippen molar-refractivity contribution in [1.29, 1.82) is 0 Å². The van der Waals surface area contributed by atoms with Gasteiger partial charge in [0, 0.05) is 29.6 Å². The largest absolute Gasteiger partial charge is 0.508 e. The molecule has 0 bridgehead atoms. The van der Waals surface area contributed by atoms with Crippen molar-refractivity contribution >= 4 is 23.7 Å². The molecular weight excluding hydrogens is 639 g/mol. The summed E-state index contributed by atoms with van der Waals surface area (Å²) in [7, 11) is 0. The predicted octanol–water partition coefficient (Wildman–Crippen LogP) is 2.64. The Hall–Kier alpha value is -3.47. The smallest absolute Gasteiger partial charge is 0.464 e. The van der Waals surface area contributed by atoms with Gasteiger partial charge >= 0.3 is 12.1 Å². The lowest BCUT2D eigenvalue weighted by atomic mass is 9.46. The fourth-order valence-corrected chi connectivity index (χ4v) is 9.03. The first-order chi connectivity index (χ1) is 22.4. The molecule has 5 aliphatic rings. The zero-order valence-electron chi connectivity index (χ0n) is 27.4. The van der Waals surface area contributed by atoms with Gasteiger partial charge in [-0.1, -0.05) is 19.9 Å². The van der Waals surface area contributed by atoms with Gasteiger partial charge in [-0.15, -0.1) is 10.1 Å². The highest BCUT2D eigenvalue weighted by Crippen LogP contribution is 2.70. The van der Waals surface area contributed by atoms with E-state index >= 15 is 4.39 Å². The maximum atomic E-state index is 15.8. The van der Waals surface area contributed by atoms with Gasteiger partial charge in [0.05, 0.1) is 25.4 Å². The fraction of sp³-hybridized carbons (Fsp3) is 0.750. The number of aliphatic hydroxyl groups excluding tert-OH is 1. The minimum atomic E-state index is -1.64. The van der Waals surface area contributed by atoms with E-state index in [0.29, 0.717) is 12.0 Å². The minimum absolute atomic E-state index is 0.00986. The topological polar surface area (TPSA) is 213 Å². The van der Waals surface area contributed by atoms with Crippen LogP contribution < -0.4 is 5.73 Å². The second-order valence-electron chi connectivity index (χ2n) is 14.2. The molecule has 48 heavy (non-hydrogen) atoms. The van der Waals surface area contributed by atoms with Crippen molar-refractivity contribution in [3.05, 3.63) is 33.7 Å². The quantitative estimate of drug-likeness (QED) is 0.131. The first-order valence-electron chi connectivity index (χ1n) is 16.1. The van der Waals surface area contributed by atoms with E-state index in [4.69, 9.17) is 29.4 Å². The summed E-state index contributed by atoms with van der Waals surface area (Å²) < 4.78 is 43.5. The lowest BCUT2D eigenvalue weighted by Crippen LogP contribution is -2.64. The van der Waals surface area contributed by atoms with Crippen molar-refractivity contribution < 1.29 is 62.3 Å². The van der Waals surface area contributed by atoms with Gasteiger partial charge in [0.1, 0.15) is 18.5 Å². The molecule has 4 aliphatic carbocycles. The summed E-state index contributed by atoms with van der Waals surface area (Å²) in [4.78, 5) is 65.2. The Balaban J connectivity index is 1.24. The number of carbonyl (C=O) groups is 4. The normalized spacial score (nSPS) is 36.6. The number of Topliss-reactive ketones (excluding diaryl/α,β-unsaturated/α-hetero) is 1. The summed E-state index contributed by atoms with van der Waals surface area (Å²) in [6, 6.07) is -1.35. The van der Waals surface area contributed by atoms with Crippen LogP contribution in [-0.4, -0.2) is 89.9 Å². The number of ketones is 2. The van der Waals surface area contributed by atoms with Gasteiger partial charge in [-0.2, -0.15) is 0 Å². The zero-order chi connectivity index (χ0) is 35.2. The van der Waals surface area contributed by atoms with Crippen molar-refractivity contribution in [2.24, 2.45) is 34.3 Å². The molecule has 9 atom stereocenters. The Morgan fingerprint density at radius 2 is 1.88 bits per heavy atom. The van der Waals surface area contributed by atoms with E-state index in [0.717, 1.165) is 0 Å². The number of aliphatic hydroxyl groups is 1. The van der Waals surface area contributed by atoms with Gasteiger partial charge in [-0.25, -0.2) is 9.18 Å². The first kappa shape index (κ1) is 35.8. The van der Waals surface area contributed by atoms with E-state index in [1.807, 2.05) is 13.8 Å². The maximum Gasteiger partial charge on any atom is 0.508 e. The number of hydrogen-bond donors (Lipinski definition) is 2. The van der Waals surface area contributed by atoms with Gasteiger partial charge < -0.3 is 39.4 Å². The van der Waals surface area contributed by atoms with Crippen molar-refractivity contribution in [1.82, 2.24) is 0 Å². The van der Waals surface area contributed by atoms with Crippen LogP contribution in [0.2, 0.25) is 0 Å². The predicted molar refractivity (Wildman–Crippen MR) is 160 cm³/mol. The number of halogens is 1. The molecule has 0 spiro atoms. The number of fused-ring (bicyclic) bond motifs is 7. The lowest BCUT2D eigenvalue weighted by Gasteiger charge is -2.59. The molecule has 0 aromatic rings. The van der Waals surface area contributed by atoms with Crippen LogP contribution in [0.3, 0.4) is 0 Å². The Morgan fingerprint density at radius 1 is 1.17 bits per heavy atom. The van der Waals surface area contributed by atoms with E-state index in [2.05, 4.69) is 4.84 Å². The average molecular weight is 683 g/mol. The third kappa shape index (κ3) is 6.23. The molecule has 1 unspecified atom stereocenters. The van der Waals surface area contributed by atoms with Crippen molar-refractivity contribution in [2.75, 3.05) is 26.4 Å². The molecule has 1 heterocycles. The average Bonchev–Trinajstić information content (AvgIpc) is 3.42. The van der Waals surface area contributed by atoms with E-state index in [-0.39, 0.29) is 62.8 Å². The molecule has 0 aromatic heterocycles. The molecule has 266 valence electrons. The Morgan fingerprint density at radius 3 is 2.58 bits per heavy atom. The number of rotatable bonds is 12. The number of nitrogens with zero attached hydrogens (tertiary/aromatic N) is 1. The van der Waals surface area contributed by atoms with Crippen LogP contribution in [0, 0.1) is 38.7 Å². The molecule has 0 aromatic carbocycles. The number of nitrogens with two attached hydrogens (primary N) is 1. The third-order valence-corrected chi connectivity index (χ3v) is 10.9. The Kier molecular flexibility index (Phi) is 9.78. The summed E-state index contributed by atoms with van der Waals surface area (Å²) in [5.74, 6) is -4.35. The van der Waals surface area contributed by atoms with Crippen LogP contribution >= 0.6 is 0 Å². The van der Waals surface area contributed by atoms with Crippen molar-refractivity contribution in [2.45, 2.75) is 95.9 Å². The molecule has 3 N–H and O–H groups in total. The second-order valence-corrected chi connectivity index (χ2v) is 14.2. The van der Waals surface area contributed by atoms with E-state index < -0.39 is 88.5 Å². The van der Waals surface area contributed by atoms with Crippen molar-refractivity contribution in [3.8, 4) is 0 Å².